The number of benzene rings is 1. The van der Waals surface area contributed by atoms with E-state index in [4.69, 9.17) is 4.74 Å². The van der Waals surface area contributed by atoms with Gasteiger partial charge in [0.15, 0.2) is 0 Å². The molecule has 1 N–H and O–H groups in total. The number of rotatable bonds is 5. The number of hydrogen-bond donors (Lipinski definition) is 1. The zero-order valence-corrected chi connectivity index (χ0v) is 15.8. The summed E-state index contributed by atoms with van der Waals surface area (Å²) in [5, 5.41) is 6.89. The van der Waals surface area contributed by atoms with Crippen molar-refractivity contribution in [3.05, 3.63) is 35.5 Å². The number of aryl methyl sites for hydroxylation is 2. The molecule has 1 aromatic carbocycles. The van der Waals surface area contributed by atoms with Crippen molar-refractivity contribution in [3.63, 3.8) is 0 Å². The molecule has 1 amide bonds. The fourth-order valence-corrected chi connectivity index (χ4v) is 4.25. The summed E-state index contributed by atoms with van der Waals surface area (Å²) in [4.78, 5) is 12.5. The smallest absolute Gasteiger partial charge is 0.262 e. The minimum atomic E-state index is -3.30. The number of nitrogens with one attached hydrogen (secondary N) is 1. The maximum atomic E-state index is 12.5. The predicted molar refractivity (Wildman–Crippen MR) is 99.3 cm³/mol. The highest BCUT2D eigenvalue weighted by Crippen LogP contribution is 2.32. The Kier molecular flexibility index (Phi) is 4.90. The first kappa shape index (κ1) is 18.2. The summed E-state index contributed by atoms with van der Waals surface area (Å²) in [7, 11) is -0.133. The number of carbonyl (C=O) groups is 1. The number of sulfonamides is 1. The van der Waals surface area contributed by atoms with Crippen LogP contribution in [0.1, 0.15) is 29.3 Å². The Morgan fingerprint density at radius 2 is 2.15 bits per heavy atom. The van der Waals surface area contributed by atoms with Gasteiger partial charge in [0, 0.05) is 25.5 Å². The molecule has 0 atom stereocenters. The standard InChI is InChI=1S/C17H22N4O4S/c1-4-26(23,24)21-9-5-6-12-10-13(7-8-15(12)21)18-16(22)14-11-20(2)19-17(14)25-3/h7-8,10-11H,4-6,9H2,1-3H3,(H,18,22). The van der Waals surface area contributed by atoms with Crippen molar-refractivity contribution in [1.29, 1.82) is 0 Å². The Morgan fingerprint density at radius 1 is 1.38 bits per heavy atom. The lowest BCUT2D eigenvalue weighted by Crippen LogP contribution is -2.36. The molecule has 140 valence electrons. The van der Waals surface area contributed by atoms with Crippen molar-refractivity contribution in [2.45, 2.75) is 19.8 Å². The summed E-state index contributed by atoms with van der Waals surface area (Å²) >= 11 is 0. The zero-order chi connectivity index (χ0) is 18.9. The van der Waals surface area contributed by atoms with Crippen LogP contribution in [0, 0.1) is 0 Å². The average Bonchev–Trinajstić information content (AvgIpc) is 3.02. The predicted octanol–water partition coefficient (Wildman–Crippen LogP) is 1.78. The Labute approximate surface area is 152 Å². The van der Waals surface area contributed by atoms with Gasteiger partial charge < -0.3 is 10.1 Å². The van der Waals surface area contributed by atoms with Crippen molar-refractivity contribution in [1.82, 2.24) is 9.78 Å². The van der Waals surface area contributed by atoms with Crippen molar-refractivity contribution < 1.29 is 17.9 Å². The number of amides is 1. The largest absolute Gasteiger partial charge is 0.479 e. The minimum Gasteiger partial charge on any atom is -0.479 e. The van der Waals surface area contributed by atoms with Crippen LogP contribution in [-0.2, 0) is 23.5 Å². The van der Waals surface area contributed by atoms with Crippen LogP contribution in [-0.4, -0.2) is 43.5 Å². The lowest BCUT2D eigenvalue weighted by atomic mass is 10.0. The molecule has 2 heterocycles. The summed E-state index contributed by atoms with van der Waals surface area (Å²) in [6.07, 6.45) is 3.10. The molecule has 0 unspecified atom stereocenters. The number of methoxy groups -OCH3 is 1. The first-order valence-corrected chi connectivity index (χ1v) is 9.99. The molecular formula is C17H22N4O4S. The second kappa shape index (κ2) is 6.99. The second-order valence-corrected chi connectivity index (χ2v) is 8.28. The number of carbonyl (C=O) groups excluding carboxylic acids is 1. The van der Waals surface area contributed by atoms with Gasteiger partial charge in [-0.3, -0.25) is 13.8 Å². The molecular weight excluding hydrogens is 356 g/mol. The van der Waals surface area contributed by atoms with Gasteiger partial charge in [0.2, 0.25) is 15.9 Å². The lowest BCUT2D eigenvalue weighted by Gasteiger charge is -2.30. The average molecular weight is 378 g/mol. The first-order valence-electron chi connectivity index (χ1n) is 8.38. The highest BCUT2D eigenvalue weighted by atomic mass is 32.2. The zero-order valence-electron chi connectivity index (χ0n) is 15.0. The summed E-state index contributed by atoms with van der Waals surface area (Å²) < 4.78 is 32.6. The molecule has 0 aliphatic carbocycles. The lowest BCUT2D eigenvalue weighted by molar-refractivity contribution is 0.102. The Morgan fingerprint density at radius 3 is 2.85 bits per heavy atom. The van der Waals surface area contributed by atoms with Crippen LogP contribution in [0.4, 0.5) is 11.4 Å². The van der Waals surface area contributed by atoms with Crippen LogP contribution in [0.3, 0.4) is 0 Å². The van der Waals surface area contributed by atoms with Crippen LogP contribution in [0.25, 0.3) is 0 Å². The van der Waals surface area contributed by atoms with Crippen molar-refractivity contribution in [3.8, 4) is 5.88 Å². The number of anilines is 2. The molecule has 8 nitrogen and oxygen atoms in total. The second-order valence-electron chi connectivity index (χ2n) is 6.10. The molecule has 0 spiro atoms. The summed E-state index contributed by atoms with van der Waals surface area (Å²) in [6, 6.07) is 5.29. The number of fused-ring (bicyclic) bond motifs is 1. The molecule has 1 aliphatic heterocycles. The molecule has 2 aromatic rings. The van der Waals surface area contributed by atoms with E-state index in [2.05, 4.69) is 10.4 Å². The molecule has 0 saturated carbocycles. The first-order chi connectivity index (χ1) is 12.4. The van der Waals surface area contributed by atoms with E-state index >= 15 is 0 Å². The quantitative estimate of drug-likeness (QED) is 0.856. The Balaban J connectivity index is 1.86. The normalized spacial score (nSPS) is 14.0. The minimum absolute atomic E-state index is 0.0612. The van der Waals surface area contributed by atoms with Crippen molar-refractivity contribution >= 4 is 27.3 Å². The van der Waals surface area contributed by atoms with E-state index in [1.54, 1.807) is 32.3 Å². The highest BCUT2D eigenvalue weighted by molar-refractivity contribution is 7.92. The van der Waals surface area contributed by atoms with E-state index in [1.807, 2.05) is 6.07 Å². The maximum Gasteiger partial charge on any atom is 0.262 e. The molecule has 0 radical (unpaired) electrons. The number of ether oxygens (including phenoxy) is 1. The summed E-state index contributed by atoms with van der Waals surface area (Å²) in [6.45, 7) is 2.13. The highest BCUT2D eigenvalue weighted by Gasteiger charge is 2.26. The van der Waals surface area contributed by atoms with E-state index in [0.29, 0.717) is 23.5 Å². The Hall–Kier alpha value is -2.55. The number of hydrogen-bond acceptors (Lipinski definition) is 5. The number of nitrogens with zero attached hydrogens (tertiary/aromatic N) is 3. The third kappa shape index (κ3) is 3.39. The molecule has 1 aliphatic rings. The van der Waals surface area contributed by atoms with Gasteiger partial charge in [-0.05, 0) is 43.5 Å². The van der Waals surface area contributed by atoms with Gasteiger partial charge in [-0.2, -0.15) is 0 Å². The van der Waals surface area contributed by atoms with E-state index in [9.17, 15) is 13.2 Å². The fraction of sp³-hybridized carbons (Fsp3) is 0.412. The van der Waals surface area contributed by atoms with Gasteiger partial charge in [-0.25, -0.2) is 8.42 Å². The third-order valence-electron chi connectivity index (χ3n) is 4.35. The van der Waals surface area contributed by atoms with Gasteiger partial charge in [0.05, 0.1) is 18.6 Å². The van der Waals surface area contributed by atoms with Crippen molar-refractivity contribution in [2.75, 3.05) is 29.0 Å². The summed E-state index contributed by atoms with van der Waals surface area (Å²) in [5.41, 5.74) is 2.54. The van der Waals surface area contributed by atoms with Gasteiger partial charge >= 0.3 is 0 Å². The SMILES string of the molecule is CCS(=O)(=O)N1CCCc2cc(NC(=O)c3cn(C)nc3OC)ccc21. The van der Waals surface area contributed by atoms with E-state index in [1.165, 1.54) is 16.1 Å². The molecule has 1 aromatic heterocycles. The maximum absolute atomic E-state index is 12.5. The van der Waals surface area contributed by atoms with Gasteiger partial charge in [0.25, 0.3) is 5.91 Å². The molecule has 26 heavy (non-hydrogen) atoms. The molecule has 3 rings (SSSR count). The van der Waals surface area contributed by atoms with Crippen LogP contribution in [0.15, 0.2) is 24.4 Å². The summed E-state index contributed by atoms with van der Waals surface area (Å²) in [5.74, 6) is -0.0157. The van der Waals surface area contributed by atoms with Crippen LogP contribution >= 0.6 is 0 Å². The molecule has 0 bridgehead atoms. The van der Waals surface area contributed by atoms with Gasteiger partial charge in [-0.15, -0.1) is 5.10 Å². The van der Waals surface area contributed by atoms with E-state index in [0.717, 1.165) is 18.4 Å². The monoisotopic (exact) mass is 378 g/mol. The number of aromatic nitrogens is 2. The van der Waals surface area contributed by atoms with Crippen molar-refractivity contribution in [2.24, 2.45) is 7.05 Å². The molecule has 9 heteroatoms. The van der Waals surface area contributed by atoms with Crippen LogP contribution in [0.5, 0.6) is 5.88 Å². The van der Waals surface area contributed by atoms with E-state index < -0.39 is 10.0 Å². The molecule has 0 fully saturated rings. The van der Waals surface area contributed by atoms with Crippen LogP contribution < -0.4 is 14.4 Å². The molecule has 0 saturated heterocycles. The van der Waals surface area contributed by atoms with Gasteiger partial charge in [0.1, 0.15) is 5.56 Å². The topological polar surface area (TPSA) is 93.5 Å². The third-order valence-corrected chi connectivity index (χ3v) is 6.13. The van der Waals surface area contributed by atoms with Gasteiger partial charge in [-0.1, -0.05) is 0 Å². The van der Waals surface area contributed by atoms with E-state index in [-0.39, 0.29) is 17.5 Å². The fourth-order valence-electron chi connectivity index (χ4n) is 3.06. The Bertz CT molecular complexity index is 936. The van der Waals surface area contributed by atoms with Crippen LogP contribution in [0.2, 0.25) is 0 Å².